The zero-order chi connectivity index (χ0) is 23.7. The number of Topliss-reactive ketones (excluding diaryl/α,β-unsaturated/α-hetero) is 1. The Hall–Kier alpha value is -4.32. The van der Waals surface area contributed by atoms with E-state index in [0.29, 0.717) is 40.4 Å². The molecule has 0 spiro atoms. The van der Waals surface area contributed by atoms with E-state index in [9.17, 15) is 9.59 Å². The van der Waals surface area contributed by atoms with E-state index >= 15 is 0 Å². The highest BCUT2D eigenvalue weighted by molar-refractivity contribution is 6.18. The second kappa shape index (κ2) is 8.90. The fraction of sp³-hybridized carbons (Fsp3) is 0.143. The van der Waals surface area contributed by atoms with Crippen molar-refractivity contribution in [1.29, 1.82) is 0 Å². The first kappa shape index (κ1) is 21.5. The lowest BCUT2D eigenvalue weighted by Crippen LogP contribution is -2.29. The zero-order valence-electron chi connectivity index (χ0n) is 19.0. The summed E-state index contributed by atoms with van der Waals surface area (Å²) in [4.78, 5) is 28.6. The third kappa shape index (κ3) is 3.83. The maximum Gasteiger partial charge on any atom is 0.279 e. The van der Waals surface area contributed by atoms with Crippen LogP contribution >= 0.6 is 0 Å². The summed E-state index contributed by atoms with van der Waals surface area (Å²) in [6.45, 7) is 0. The molecule has 1 N–H and O–H groups in total. The van der Waals surface area contributed by atoms with Crippen LogP contribution in [-0.2, 0) is 11.2 Å². The first-order valence-corrected chi connectivity index (χ1v) is 11.1. The molecular formula is C28H24N2O4. The molecule has 6 nitrogen and oxygen atoms in total. The molecule has 0 bridgehead atoms. The lowest BCUT2D eigenvalue weighted by Gasteiger charge is -2.24. The van der Waals surface area contributed by atoms with E-state index in [1.165, 1.54) is 0 Å². The van der Waals surface area contributed by atoms with Crippen molar-refractivity contribution < 1.29 is 19.1 Å². The molecule has 2 aliphatic rings. The van der Waals surface area contributed by atoms with Gasteiger partial charge >= 0.3 is 0 Å². The summed E-state index contributed by atoms with van der Waals surface area (Å²) in [5, 5.41) is 3.21. The van der Waals surface area contributed by atoms with Crippen molar-refractivity contribution in [3.8, 4) is 11.5 Å². The largest absolute Gasteiger partial charge is 0.497 e. The summed E-state index contributed by atoms with van der Waals surface area (Å²) in [5.41, 5.74) is 4.79. The van der Waals surface area contributed by atoms with Gasteiger partial charge in [-0.25, -0.2) is 0 Å². The molecule has 3 aromatic rings. The lowest BCUT2D eigenvalue weighted by molar-refractivity contribution is -0.114. The van der Waals surface area contributed by atoms with Crippen LogP contribution in [0.3, 0.4) is 0 Å². The topological polar surface area (TPSA) is 67.9 Å². The van der Waals surface area contributed by atoms with Gasteiger partial charge in [-0.1, -0.05) is 24.3 Å². The summed E-state index contributed by atoms with van der Waals surface area (Å²) in [5.74, 6) is 1.16. The van der Waals surface area contributed by atoms with Gasteiger partial charge in [-0.3, -0.25) is 14.5 Å². The van der Waals surface area contributed by atoms with Gasteiger partial charge in [-0.05, 0) is 73.0 Å². The minimum Gasteiger partial charge on any atom is -0.497 e. The van der Waals surface area contributed by atoms with Gasteiger partial charge in [-0.15, -0.1) is 0 Å². The predicted octanol–water partition coefficient (Wildman–Crippen LogP) is 5.13. The van der Waals surface area contributed by atoms with E-state index in [4.69, 9.17) is 9.47 Å². The fourth-order valence-electron chi connectivity index (χ4n) is 4.36. The number of carbonyl (C=O) groups is 2. The Bertz CT molecular complexity index is 1320. The molecule has 170 valence electrons. The third-order valence-electron chi connectivity index (χ3n) is 6.14. The third-order valence-corrected chi connectivity index (χ3v) is 6.14. The summed E-state index contributed by atoms with van der Waals surface area (Å²) in [6.07, 6.45) is 3.09. The van der Waals surface area contributed by atoms with Crippen LogP contribution in [-0.4, -0.2) is 25.9 Å². The Kier molecular flexibility index (Phi) is 5.64. The van der Waals surface area contributed by atoms with Crippen LogP contribution < -0.4 is 19.7 Å². The molecule has 0 atom stereocenters. The number of rotatable bonds is 5. The number of allylic oxidation sites excluding steroid dienone is 2. The smallest absolute Gasteiger partial charge is 0.279 e. The average Bonchev–Trinajstić information content (AvgIpc) is 3.20. The molecule has 34 heavy (non-hydrogen) atoms. The Morgan fingerprint density at radius 3 is 2.12 bits per heavy atom. The number of amides is 1. The van der Waals surface area contributed by atoms with Crippen LogP contribution in [0.2, 0.25) is 0 Å². The Balaban J connectivity index is 1.58. The van der Waals surface area contributed by atoms with Crippen molar-refractivity contribution in [2.45, 2.75) is 12.8 Å². The molecule has 0 unspecified atom stereocenters. The number of carbonyl (C=O) groups excluding carboxylic acids is 2. The highest BCUT2D eigenvalue weighted by Gasteiger charge is 2.35. The van der Waals surface area contributed by atoms with Crippen LogP contribution in [0, 0.1) is 0 Å². The number of aryl methyl sites for hydroxylation is 1. The van der Waals surface area contributed by atoms with E-state index in [1.807, 2.05) is 60.7 Å². The highest BCUT2D eigenvalue weighted by atomic mass is 16.5. The number of methoxy groups -OCH3 is 2. The Morgan fingerprint density at radius 1 is 0.794 bits per heavy atom. The second-order valence-corrected chi connectivity index (χ2v) is 8.10. The molecule has 0 radical (unpaired) electrons. The van der Waals surface area contributed by atoms with Gasteiger partial charge in [0.25, 0.3) is 5.91 Å². The molecule has 0 saturated heterocycles. The molecule has 0 aromatic heterocycles. The Labute approximate surface area is 198 Å². The van der Waals surface area contributed by atoms with E-state index in [-0.39, 0.29) is 11.7 Å². The molecule has 1 heterocycles. The van der Waals surface area contributed by atoms with Gasteiger partial charge in [-0.2, -0.15) is 0 Å². The van der Waals surface area contributed by atoms with E-state index < -0.39 is 0 Å². The fourth-order valence-corrected chi connectivity index (χ4v) is 4.36. The van der Waals surface area contributed by atoms with Crippen molar-refractivity contribution in [3.63, 3.8) is 0 Å². The van der Waals surface area contributed by atoms with Gasteiger partial charge in [0.05, 0.1) is 19.9 Å². The van der Waals surface area contributed by atoms with Gasteiger partial charge in [0.15, 0.2) is 5.78 Å². The SMILES string of the molecule is COc1ccc(NC2=C/C(=C3/CCc4ccccc4C3=O)N(c3ccc(OC)cc3)C2=O)cc1. The van der Waals surface area contributed by atoms with Crippen molar-refractivity contribution in [1.82, 2.24) is 0 Å². The highest BCUT2D eigenvalue weighted by Crippen LogP contribution is 2.36. The molecular weight excluding hydrogens is 428 g/mol. The number of fused-ring (bicyclic) bond motifs is 1. The average molecular weight is 453 g/mol. The van der Waals surface area contributed by atoms with E-state index in [1.54, 1.807) is 37.3 Å². The van der Waals surface area contributed by atoms with Gasteiger partial charge in [0.2, 0.25) is 0 Å². The number of hydrogen-bond donors (Lipinski definition) is 1. The summed E-state index contributed by atoms with van der Waals surface area (Å²) >= 11 is 0. The molecule has 6 heteroatoms. The lowest BCUT2D eigenvalue weighted by atomic mass is 9.85. The first-order valence-electron chi connectivity index (χ1n) is 11.1. The molecule has 5 rings (SSSR count). The number of ketones is 1. The standard InChI is InChI=1S/C28H24N2O4/c1-33-21-12-8-19(9-13-21)29-25-17-26(24-16-7-18-5-3-4-6-23(18)27(24)31)30(28(25)32)20-10-14-22(34-2)15-11-20/h3-6,8-15,17,29H,7,16H2,1-2H3/b26-24+. The van der Waals surface area contributed by atoms with Crippen LogP contribution in [0.1, 0.15) is 22.3 Å². The first-order chi connectivity index (χ1) is 16.6. The number of hydrogen-bond acceptors (Lipinski definition) is 5. The summed E-state index contributed by atoms with van der Waals surface area (Å²) in [6, 6.07) is 22.3. The maximum atomic E-state index is 13.6. The maximum absolute atomic E-state index is 13.6. The minimum atomic E-state index is -0.227. The zero-order valence-corrected chi connectivity index (χ0v) is 19.0. The van der Waals surface area contributed by atoms with Gasteiger partial charge in [0, 0.05) is 22.5 Å². The van der Waals surface area contributed by atoms with E-state index in [2.05, 4.69) is 5.32 Å². The summed E-state index contributed by atoms with van der Waals surface area (Å²) in [7, 11) is 3.20. The minimum absolute atomic E-state index is 0.0369. The monoisotopic (exact) mass is 452 g/mol. The molecule has 0 saturated carbocycles. The molecule has 1 aliphatic carbocycles. The Morgan fingerprint density at radius 2 is 1.44 bits per heavy atom. The quantitative estimate of drug-likeness (QED) is 0.544. The number of ether oxygens (including phenoxy) is 2. The van der Waals surface area contributed by atoms with Crippen molar-refractivity contribution in [2.24, 2.45) is 0 Å². The van der Waals surface area contributed by atoms with Crippen molar-refractivity contribution >= 4 is 23.1 Å². The van der Waals surface area contributed by atoms with Gasteiger partial charge < -0.3 is 14.8 Å². The van der Waals surface area contributed by atoms with Gasteiger partial charge in [0.1, 0.15) is 17.2 Å². The number of nitrogens with one attached hydrogen (secondary N) is 1. The van der Waals surface area contributed by atoms with Crippen LogP contribution in [0.25, 0.3) is 0 Å². The van der Waals surface area contributed by atoms with Crippen molar-refractivity contribution in [2.75, 3.05) is 24.4 Å². The number of nitrogens with zero attached hydrogens (tertiary/aromatic N) is 1. The molecule has 1 aliphatic heterocycles. The van der Waals surface area contributed by atoms with Crippen LogP contribution in [0.5, 0.6) is 11.5 Å². The molecule has 1 amide bonds. The predicted molar refractivity (Wildman–Crippen MR) is 131 cm³/mol. The van der Waals surface area contributed by atoms with Crippen LogP contribution in [0.15, 0.2) is 95.8 Å². The van der Waals surface area contributed by atoms with E-state index in [0.717, 1.165) is 23.4 Å². The normalized spacial score (nSPS) is 17.4. The molecule has 0 fully saturated rings. The van der Waals surface area contributed by atoms with Crippen molar-refractivity contribution in [3.05, 3.63) is 107 Å². The number of benzene rings is 3. The van der Waals surface area contributed by atoms with Crippen LogP contribution in [0.4, 0.5) is 11.4 Å². The summed E-state index contributed by atoms with van der Waals surface area (Å²) < 4.78 is 10.5. The molecule has 3 aromatic carbocycles. The number of anilines is 2. The second-order valence-electron chi connectivity index (χ2n) is 8.10.